The van der Waals surface area contributed by atoms with Crippen LogP contribution < -0.4 is 11.0 Å². The van der Waals surface area contributed by atoms with Crippen molar-refractivity contribution in [2.24, 2.45) is 0 Å². The molecule has 0 radical (unpaired) electrons. The van der Waals surface area contributed by atoms with Gasteiger partial charge in [-0.25, -0.2) is 19.2 Å². The maximum Gasteiger partial charge on any atom is 0.281 e. The molecular weight excluding hydrogens is 468 g/mol. The molecule has 1 aromatic carbocycles. The van der Waals surface area contributed by atoms with Gasteiger partial charge < -0.3 is 0 Å². The number of nitrogens with one attached hydrogen (secondary N) is 1. The van der Waals surface area contributed by atoms with Gasteiger partial charge in [-0.1, -0.05) is 42.1 Å². The monoisotopic (exact) mass is 490 g/mol. The first-order valence-corrected chi connectivity index (χ1v) is 12.5. The van der Waals surface area contributed by atoms with Gasteiger partial charge >= 0.3 is 0 Å². The van der Waals surface area contributed by atoms with E-state index in [-0.39, 0.29) is 17.2 Å². The van der Waals surface area contributed by atoms with E-state index in [0.717, 1.165) is 43.1 Å². The number of carbonyl (C=O) groups is 1. The molecule has 0 bridgehead atoms. The number of hydrogen-bond donors (Lipinski definition) is 1. The summed E-state index contributed by atoms with van der Waals surface area (Å²) >= 11 is 2.74. The van der Waals surface area contributed by atoms with Crippen molar-refractivity contribution in [3.63, 3.8) is 0 Å². The summed E-state index contributed by atoms with van der Waals surface area (Å²) < 4.78 is 2.94. The first-order valence-electron chi connectivity index (χ1n) is 10.7. The van der Waals surface area contributed by atoms with Crippen molar-refractivity contribution >= 4 is 44.7 Å². The van der Waals surface area contributed by atoms with Crippen molar-refractivity contribution < 1.29 is 4.79 Å². The van der Waals surface area contributed by atoms with E-state index in [1.54, 1.807) is 4.52 Å². The molecule has 1 amide bonds. The Labute approximate surface area is 203 Å². The first kappa shape index (κ1) is 22.3. The number of thioether (sulfide) groups is 1. The highest BCUT2D eigenvalue weighted by molar-refractivity contribution is 7.99. The zero-order valence-electron chi connectivity index (χ0n) is 19.1. The van der Waals surface area contributed by atoms with Gasteiger partial charge in [0.1, 0.15) is 11.2 Å². The average Bonchev–Trinajstić information content (AvgIpc) is 3.32. The van der Waals surface area contributed by atoms with Gasteiger partial charge in [-0.05, 0) is 44.9 Å². The van der Waals surface area contributed by atoms with E-state index in [2.05, 4.69) is 15.5 Å². The van der Waals surface area contributed by atoms with Crippen LogP contribution in [0, 0.1) is 27.7 Å². The van der Waals surface area contributed by atoms with Crippen molar-refractivity contribution in [3.8, 4) is 11.3 Å². The molecule has 0 aliphatic carbocycles. The van der Waals surface area contributed by atoms with E-state index in [9.17, 15) is 9.59 Å². The third-order valence-electron chi connectivity index (χ3n) is 5.60. The fraction of sp³-hybridized carbons (Fsp3) is 0.208. The molecule has 172 valence electrons. The molecule has 0 aliphatic heterocycles. The molecule has 8 nitrogen and oxygen atoms in total. The largest absolute Gasteiger partial charge is 0.281 e. The summed E-state index contributed by atoms with van der Waals surface area (Å²) in [7, 11) is 0. The van der Waals surface area contributed by atoms with Gasteiger partial charge in [-0.2, -0.15) is 5.10 Å². The van der Waals surface area contributed by atoms with Crippen molar-refractivity contribution in [2.45, 2.75) is 32.9 Å². The Kier molecular flexibility index (Phi) is 5.70. The predicted molar refractivity (Wildman–Crippen MR) is 136 cm³/mol. The Morgan fingerprint density at radius 1 is 1.15 bits per heavy atom. The molecule has 0 unspecified atom stereocenters. The molecule has 0 aliphatic rings. The number of benzene rings is 1. The minimum atomic E-state index is -0.333. The molecule has 1 N–H and O–H groups in total. The van der Waals surface area contributed by atoms with Crippen LogP contribution in [0.4, 0.5) is 0 Å². The van der Waals surface area contributed by atoms with E-state index >= 15 is 0 Å². The first-order chi connectivity index (χ1) is 16.3. The van der Waals surface area contributed by atoms with Crippen molar-refractivity contribution in [1.82, 2.24) is 24.3 Å². The van der Waals surface area contributed by atoms with Crippen molar-refractivity contribution in [3.05, 3.63) is 74.8 Å². The van der Waals surface area contributed by atoms with Crippen LogP contribution in [0.1, 0.15) is 21.7 Å². The molecule has 4 aromatic heterocycles. The minimum Gasteiger partial charge on any atom is -0.272 e. The molecule has 0 fully saturated rings. The number of aryl methyl sites for hydroxylation is 4. The van der Waals surface area contributed by atoms with Gasteiger partial charge in [0.05, 0.1) is 28.0 Å². The summed E-state index contributed by atoms with van der Waals surface area (Å²) in [5.74, 6) is -0.269. The number of thiophene rings is 1. The summed E-state index contributed by atoms with van der Waals surface area (Å²) in [5.41, 5.74) is 7.90. The number of imidazole rings is 1. The molecule has 0 saturated carbocycles. The van der Waals surface area contributed by atoms with Crippen LogP contribution in [0.25, 0.3) is 27.0 Å². The van der Waals surface area contributed by atoms with Crippen LogP contribution in [-0.2, 0) is 4.79 Å². The SMILES string of the molecule is Cc1cc(C)c2c(-c3ccccc3)nc(SCC(=O)Nn3cnc4sc(C)c(C)c4c3=O)n2n1. The third-order valence-corrected chi connectivity index (χ3v) is 7.64. The zero-order valence-corrected chi connectivity index (χ0v) is 20.8. The lowest BCUT2D eigenvalue weighted by atomic mass is 10.1. The molecule has 34 heavy (non-hydrogen) atoms. The molecule has 5 aromatic rings. The van der Waals surface area contributed by atoms with Gasteiger partial charge in [0, 0.05) is 10.4 Å². The Morgan fingerprint density at radius 2 is 1.91 bits per heavy atom. The molecule has 0 saturated heterocycles. The van der Waals surface area contributed by atoms with E-state index in [0.29, 0.717) is 15.4 Å². The highest BCUT2D eigenvalue weighted by Crippen LogP contribution is 2.31. The standard InChI is InChI=1S/C24H22N6O2S2/c1-13-10-14(2)27-30-21(13)20(17-8-6-5-7-9-17)26-24(30)33-11-18(31)28-29-12-25-22-19(23(29)32)15(3)16(4)34-22/h5-10,12H,11H2,1-4H3,(H,28,31). The number of fused-ring (bicyclic) bond motifs is 2. The maximum absolute atomic E-state index is 12.9. The molecule has 10 heteroatoms. The minimum absolute atomic E-state index is 0.0636. The zero-order chi connectivity index (χ0) is 24.0. The predicted octanol–water partition coefficient (Wildman–Crippen LogP) is 4.26. The Bertz CT molecular complexity index is 1620. The fourth-order valence-corrected chi connectivity index (χ4v) is 5.63. The lowest BCUT2D eigenvalue weighted by Crippen LogP contribution is -2.34. The van der Waals surface area contributed by atoms with Crippen molar-refractivity contribution in [2.75, 3.05) is 11.2 Å². The Balaban J connectivity index is 1.43. The number of nitrogens with zero attached hydrogens (tertiary/aromatic N) is 5. The number of rotatable bonds is 5. The summed E-state index contributed by atoms with van der Waals surface area (Å²) in [6, 6.07) is 11.9. The lowest BCUT2D eigenvalue weighted by molar-refractivity contribution is -0.114. The van der Waals surface area contributed by atoms with Crippen LogP contribution in [-0.4, -0.2) is 35.9 Å². The highest BCUT2D eigenvalue weighted by Gasteiger charge is 2.18. The second-order valence-electron chi connectivity index (χ2n) is 8.04. The molecule has 0 atom stereocenters. The molecule has 4 heterocycles. The van der Waals surface area contributed by atoms with Crippen LogP contribution in [0.15, 0.2) is 52.7 Å². The molecule has 0 spiro atoms. The molecular formula is C24H22N6O2S2. The van der Waals surface area contributed by atoms with E-state index in [1.165, 1.54) is 29.4 Å². The lowest BCUT2D eigenvalue weighted by Gasteiger charge is -2.07. The number of amides is 1. The third kappa shape index (κ3) is 3.88. The summed E-state index contributed by atoms with van der Waals surface area (Å²) in [6.07, 6.45) is 1.36. The van der Waals surface area contributed by atoms with Gasteiger partial charge in [0.15, 0.2) is 5.16 Å². The normalized spacial score (nSPS) is 11.4. The van der Waals surface area contributed by atoms with E-state index < -0.39 is 0 Å². The van der Waals surface area contributed by atoms with Gasteiger partial charge in [-0.15, -0.1) is 11.3 Å². The van der Waals surface area contributed by atoms with Gasteiger partial charge in [0.2, 0.25) is 5.91 Å². The van der Waals surface area contributed by atoms with Gasteiger partial charge in [-0.3, -0.25) is 15.0 Å². The smallest absolute Gasteiger partial charge is 0.272 e. The Hall–Kier alpha value is -3.50. The van der Waals surface area contributed by atoms with Crippen molar-refractivity contribution in [1.29, 1.82) is 0 Å². The fourth-order valence-electron chi connectivity index (χ4n) is 3.91. The topological polar surface area (TPSA) is 94.2 Å². The summed E-state index contributed by atoms with van der Waals surface area (Å²) in [4.78, 5) is 36.5. The highest BCUT2D eigenvalue weighted by atomic mass is 32.2. The number of hydrogen-bond acceptors (Lipinski definition) is 7. The average molecular weight is 491 g/mol. The number of aromatic nitrogens is 5. The number of carbonyl (C=O) groups excluding carboxylic acids is 1. The van der Waals surface area contributed by atoms with E-state index in [4.69, 9.17) is 4.98 Å². The van der Waals surface area contributed by atoms with Gasteiger partial charge in [0.25, 0.3) is 5.56 Å². The molecule has 5 rings (SSSR count). The second-order valence-corrected chi connectivity index (χ2v) is 10.2. The van der Waals surface area contributed by atoms with E-state index in [1.807, 2.05) is 64.1 Å². The second kappa shape index (κ2) is 8.69. The quantitative estimate of drug-likeness (QED) is 0.370. The maximum atomic E-state index is 12.9. The van der Waals surface area contributed by atoms with Crippen LogP contribution in [0.5, 0.6) is 0 Å². The van der Waals surface area contributed by atoms with Crippen LogP contribution in [0.2, 0.25) is 0 Å². The summed E-state index contributed by atoms with van der Waals surface area (Å²) in [6.45, 7) is 7.81. The van der Waals surface area contributed by atoms with Crippen LogP contribution >= 0.6 is 23.1 Å². The van der Waals surface area contributed by atoms with Crippen LogP contribution in [0.3, 0.4) is 0 Å². The Morgan fingerprint density at radius 3 is 2.68 bits per heavy atom. The summed E-state index contributed by atoms with van der Waals surface area (Å²) in [5, 5.41) is 5.80.